The SMILES string of the molecule is CC(C)OC1=C[C@H](c2ccccc2)N(c2ccccc2)[C@H]1c1ccccc1. The molecule has 3 aromatic rings. The van der Waals surface area contributed by atoms with Crippen LogP contribution in [0.5, 0.6) is 0 Å². The first-order chi connectivity index (χ1) is 13.2. The first-order valence-electron chi connectivity index (χ1n) is 9.55. The molecule has 0 saturated carbocycles. The zero-order valence-electron chi connectivity index (χ0n) is 15.8. The van der Waals surface area contributed by atoms with E-state index < -0.39 is 0 Å². The van der Waals surface area contributed by atoms with Crippen molar-refractivity contribution < 1.29 is 4.74 Å². The summed E-state index contributed by atoms with van der Waals surface area (Å²) in [6.45, 7) is 4.18. The van der Waals surface area contributed by atoms with Crippen LogP contribution in [0.1, 0.15) is 37.1 Å². The topological polar surface area (TPSA) is 12.5 Å². The minimum Gasteiger partial charge on any atom is -0.493 e. The van der Waals surface area contributed by atoms with Gasteiger partial charge >= 0.3 is 0 Å². The molecular weight excluding hydrogens is 330 g/mol. The number of nitrogens with zero attached hydrogens (tertiary/aromatic N) is 1. The van der Waals surface area contributed by atoms with Gasteiger partial charge in [0, 0.05) is 5.69 Å². The van der Waals surface area contributed by atoms with E-state index in [4.69, 9.17) is 4.74 Å². The fraction of sp³-hybridized carbons (Fsp3) is 0.200. The van der Waals surface area contributed by atoms with Gasteiger partial charge in [0.05, 0.1) is 12.1 Å². The molecule has 2 nitrogen and oxygen atoms in total. The fourth-order valence-electron chi connectivity index (χ4n) is 3.78. The van der Waals surface area contributed by atoms with Crippen molar-refractivity contribution in [3.05, 3.63) is 114 Å². The van der Waals surface area contributed by atoms with Gasteiger partial charge in [0.15, 0.2) is 0 Å². The molecule has 0 fully saturated rings. The van der Waals surface area contributed by atoms with E-state index in [0.717, 1.165) is 5.76 Å². The molecule has 1 heterocycles. The van der Waals surface area contributed by atoms with Crippen LogP contribution in [0.3, 0.4) is 0 Å². The van der Waals surface area contributed by atoms with Gasteiger partial charge < -0.3 is 9.64 Å². The van der Waals surface area contributed by atoms with Gasteiger partial charge in [-0.25, -0.2) is 0 Å². The number of rotatable bonds is 5. The molecule has 0 bridgehead atoms. The average molecular weight is 355 g/mol. The minimum atomic E-state index is 0.0567. The van der Waals surface area contributed by atoms with Crippen LogP contribution in [-0.4, -0.2) is 6.10 Å². The van der Waals surface area contributed by atoms with Gasteiger partial charge in [-0.15, -0.1) is 0 Å². The van der Waals surface area contributed by atoms with Crippen molar-refractivity contribution in [2.75, 3.05) is 4.90 Å². The molecule has 0 spiro atoms. The van der Waals surface area contributed by atoms with Crippen molar-refractivity contribution >= 4 is 5.69 Å². The zero-order valence-corrected chi connectivity index (χ0v) is 15.8. The third-order valence-electron chi connectivity index (χ3n) is 4.85. The Morgan fingerprint density at radius 1 is 0.704 bits per heavy atom. The third-order valence-corrected chi connectivity index (χ3v) is 4.85. The lowest BCUT2D eigenvalue weighted by atomic mass is 10.0. The Morgan fingerprint density at radius 3 is 1.78 bits per heavy atom. The summed E-state index contributed by atoms with van der Waals surface area (Å²) in [4.78, 5) is 2.46. The Hall–Kier alpha value is -3.00. The molecule has 1 aliphatic heterocycles. The van der Waals surface area contributed by atoms with E-state index in [9.17, 15) is 0 Å². The molecule has 2 atom stereocenters. The maximum absolute atomic E-state index is 6.30. The highest BCUT2D eigenvalue weighted by Gasteiger charge is 2.38. The first kappa shape index (κ1) is 17.4. The number of anilines is 1. The molecule has 3 aromatic carbocycles. The second kappa shape index (κ2) is 7.71. The summed E-state index contributed by atoms with van der Waals surface area (Å²) in [6.07, 6.45) is 2.41. The Balaban J connectivity index is 1.85. The monoisotopic (exact) mass is 355 g/mol. The lowest BCUT2D eigenvalue weighted by Gasteiger charge is -2.34. The van der Waals surface area contributed by atoms with Gasteiger partial charge in [-0.2, -0.15) is 0 Å². The molecule has 27 heavy (non-hydrogen) atoms. The quantitative estimate of drug-likeness (QED) is 0.532. The Labute approximate surface area is 161 Å². The van der Waals surface area contributed by atoms with E-state index >= 15 is 0 Å². The summed E-state index contributed by atoms with van der Waals surface area (Å²) < 4.78 is 6.30. The van der Waals surface area contributed by atoms with Gasteiger partial charge in [-0.05, 0) is 43.2 Å². The highest BCUT2D eigenvalue weighted by atomic mass is 16.5. The van der Waals surface area contributed by atoms with Crippen molar-refractivity contribution in [2.24, 2.45) is 0 Å². The third kappa shape index (κ3) is 3.61. The second-order valence-corrected chi connectivity index (χ2v) is 7.15. The standard InChI is InChI=1S/C25H25NO/c1-19(2)27-24-18-23(20-12-6-3-7-13-20)26(22-16-10-5-11-17-22)25(24)21-14-8-4-9-15-21/h3-19,23,25H,1-2H3/t23-,25+/m1/s1. The van der Waals surface area contributed by atoms with Gasteiger partial charge in [0.1, 0.15) is 11.8 Å². The second-order valence-electron chi connectivity index (χ2n) is 7.15. The number of ether oxygens (including phenoxy) is 1. The zero-order chi connectivity index (χ0) is 18.6. The number of hydrogen-bond acceptors (Lipinski definition) is 2. The van der Waals surface area contributed by atoms with Gasteiger partial charge in [0.25, 0.3) is 0 Å². The van der Waals surface area contributed by atoms with Gasteiger partial charge in [-0.3, -0.25) is 0 Å². The number of benzene rings is 3. The molecule has 0 aromatic heterocycles. The Bertz CT molecular complexity index is 887. The molecule has 4 rings (SSSR count). The average Bonchev–Trinajstić information content (AvgIpc) is 3.08. The maximum atomic E-state index is 6.30. The largest absolute Gasteiger partial charge is 0.493 e. The van der Waals surface area contributed by atoms with Crippen LogP contribution in [0.2, 0.25) is 0 Å². The normalized spacial score (nSPS) is 19.2. The van der Waals surface area contributed by atoms with Gasteiger partial charge in [-0.1, -0.05) is 78.9 Å². The van der Waals surface area contributed by atoms with Crippen molar-refractivity contribution in [1.29, 1.82) is 0 Å². The minimum absolute atomic E-state index is 0.0567. The molecule has 0 amide bonds. The number of hydrogen-bond donors (Lipinski definition) is 0. The van der Waals surface area contributed by atoms with Crippen molar-refractivity contribution in [3.8, 4) is 0 Å². The summed E-state index contributed by atoms with van der Waals surface area (Å²) in [5.41, 5.74) is 3.70. The molecule has 0 radical (unpaired) electrons. The van der Waals surface area contributed by atoms with E-state index in [1.807, 2.05) is 0 Å². The van der Waals surface area contributed by atoms with Crippen LogP contribution in [0.15, 0.2) is 103 Å². The maximum Gasteiger partial charge on any atom is 0.122 e. The summed E-state index contributed by atoms with van der Waals surface area (Å²) in [5, 5.41) is 0. The Morgan fingerprint density at radius 2 is 1.22 bits per heavy atom. The molecule has 136 valence electrons. The van der Waals surface area contributed by atoms with E-state index in [0.29, 0.717) is 0 Å². The summed E-state index contributed by atoms with van der Waals surface area (Å²) in [7, 11) is 0. The van der Waals surface area contributed by atoms with Gasteiger partial charge in [0.2, 0.25) is 0 Å². The van der Waals surface area contributed by atoms with Crippen molar-refractivity contribution in [3.63, 3.8) is 0 Å². The van der Waals surface area contributed by atoms with E-state index in [1.54, 1.807) is 0 Å². The summed E-state index contributed by atoms with van der Waals surface area (Å²) in [6, 6.07) is 32.1. The molecule has 0 aliphatic carbocycles. The lowest BCUT2D eigenvalue weighted by Crippen LogP contribution is -2.28. The lowest BCUT2D eigenvalue weighted by molar-refractivity contribution is 0.136. The smallest absolute Gasteiger partial charge is 0.122 e. The predicted octanol–water partition coefficient (Wildman–Crippen LogP) is 6.30. The fourth-order valence-corrected chi connectivity index (χ4v) is 3.78. The summed E-state index contributed by atoms with van der Waals surface area (Å²) in [5.74, 6) is 1.02. The van der Waals surface area contributed by atoms with E-state index in [-0.39, 0.29) is 18.2 Å². The molecule has 0 saturated heterocycles. The molecule has 2 heteroatoms. The summed E-state index contributed by atoms with van der Waals surface area (Å²) >= 11 is 0. The van der Waals surface area contributed by atoms with Crippen molar-refractivity contribution in [1.82, 2.24) is 0 Å². The highest BCUT2D eigenvalue weighted by molar-refractivity contribution is 5.58. The number of para-hydroxylation sites is 1. The molecule has 0 N–H and O–H groups in total. The first-order valence-corrected chi connectivity index (χ1v) is 9.55. The van der Waals surface area contributed by atoms with Crippen molar-refractivity contribution in [2.45, 2.75) is 32.0 Å². The molecule has 1 aliphatic rings. The predicted molar refractivity (Wildman–Crippen MR) is 112 cm³/mol. The highest BCUT2D eigenvalue weighted by Crippen LogP contribution is 2.46. The van der Waals surface area contributed by atoms with Crippen LogP contribution < -0.4 is 4.90 Å². The van der Waals surface area contributed by atoms with E-state index in [1.165, 1.54) is 16.8 Å². The van der Waals surface area contributed by atoms with Crippen LogP contribution in [-0.2, 0) is 4.74 Å². The Kier molecular flexibility index (Phi) is 4.97. The van der Waals surface area contributed by atoms with Crippen LogP contribution >= 0.6 is 0 Å². The molecular formula is C25H25NO. The van der Waals surface area contributed by atoms with Crippen LogP contribution in [0.25, 0.3) is 0 Å². The van der Waals surface area contributed by atoms with Crippen LogP contribution in [0, 0.1) is 0 Å². The van der Waals surface area contributed by atoms with E-state index in [2.05, 4.69) is 116 Å². The molecule has 0 unspecified atom stereocenters. The van der Waals surface area contributed by atoms with Crippen LogP contribution in [0.4, 0.5) is 5.69 Å².